The monoisotopic (exact) mass is 321 g/mol. The second kappa shape index (κ2) is 7.79. The lowest BCUT2D eigenvalue weighted by Crippen LogP contribution is -1.99. The minimum Gasteiger partial charge on any atom is -0.497 e. The number of hydrogen-bond donors (Lipinski definition) is 1. The second-order valence-corrected chi connectivity index (χ2v) is 5.98. The molecule has 1 N–H and O–H groups in total. The van der Waals surface area contributed by atoms with E-state index in [1.165, 1.54) is 11.3 Å². The standard InChI is InChI=1S/C16H19NO4S/c1-11-14(10-16(18)19)22-15(17-11)4-3-9-21-13-7-5-12(20-2)6-8-13/h5-8H,3-4,9-10H2,1-2H3,(H,18,19). The van der Waals surface area contributed by atoms with Crippen molar-refractivity contribution in [2.45, 2.75) is 26.2 Å². The highest BCUT2D eigenvalue weighted by Crippen LogP contribution is 2.21. The van der Waals surface area contributed by atoms with Crippen molar-refractivity contribution in [3.63, 3.8) is 0 Å². The molecule has 0 bridgehead atoms. The van der Waals surface area contributed by atoms with Crippen LogP contribution in [0.1, 0.15) is 22.0 Å². The number of thiazole rings is 1. The van der Waals surface area contributed by atoms with Crippen LogP contribution in [0, 0.1) is 6.92 Å². The van der Waals surface area contributed by atoms with Crippen LogP contribution in [0.2, 0.25) is 0 Å². The first kappa shape index (κ1) is 16.3. The Hall–Kier alpha value is -2.08. The van der Waals surface area contributed by atoms with Crippen molar-refractivity contribution < 1.29 is 19.4 Å². The Balaban J connectivity index is 1.77. The van der Waals surface area contributed by atoms with E-state index in [1.54, 1.807) is 7.11 Å². The summed E-state index contributed by atoms with van der Waals surface area (Å²) in [5.41, 5.74) is 0.818. The van der Waals surface area contributed by atoms with Crippen molar-refractivity contribution in [1.29, 1.82) is 0 Å². The summed E-state index contributed by atoms with van der Waals surface area (Å²) in [7, 11) is 1.63. The summed E-state index contributed by atoms with van der Waals surface area (Å²) in [6.07, 6.45) is 1.68. The van der Waals surface area contributed by atoms with Crippen LogP contribution in [0.15, 0.2) is 24.3 Å². The van der Waals surface area contributed by atoms with E-state index in [-0.39, 0.29) is 6.42 Å². The molecule has 5 nitrogen and oxygen atoms in total. The van der Waals surface area contributed by atoms with Gasteiger partial charge in [0.25, 0.3) is 0 Å². The third kappa shape index (κ3) is 4.73. The maximum Gasteiger partial charge on any atom is 0.308 e. The smallest absolute Gasteiger partial charge is 0.308 e. The highest BCUT2D eigenvalue weighted by atomic mass is 32.1. The number of aliphatic carboxylic acids is 1. The normalized spacial score (nSPS) is 10.5. The number of aryl methyl sites for hydroxylation is 2. The van der Waals surface area contributed by atoms with Gasteiger partial charge in [0.05, 0.1) is 30.8 Å². The first-order chi connectivity index (χ1) is 10.6. The molecule has 0 aliphatic rings. The van der Waals surface area contributed by atoms with Crippen LogP contribution in [0.3, 0.4) is 0 Å². The van der Waals surface area contributed by atoms with Crippen molar-refractivity contribution in [2.75, 3.05) is 13.7 Å². The average molecular weight is 321 g/mol. The lowest BCUT2D eigenvalue weighted by atomic mass is 10.3. The second-order valence-electron chi connectivity index (χ2n) is 4.81. The lowest BCUT2D eigenvalue weighted by Gasteiger charge is -2.06. The highest BCUT2D eigenvalue weighted by Gasteiger charge is 2.10. The number of ether oxygens (including phenoxy) is 2. The summed E-state index contributed by atoms with van der Waals surface area (Å²) in [5.74, 6) is 0.792. The Morgan fingerprint density at radius 3 is 2.59 bits per heavy atom. The fraction of sp³-hybridized carbons (Fsp3) is 0.375. The molecule has 0 spiro atoms. The molecule has 0 radical (unpaired) electrons. The summed E-state index contributed by atoms with van der Waals surface area (Å²) in [5, 5.41) is 9.79. The van der Waals surface area contributed by atoms with Gasteiger partial charge in [0.1, 0.15) is 11.5 Å². The van der Waals surface area contributed by atoms with E-state index in [1.807, 2.05) is 31.2 Å². The lowest BCUT2D eigenvalue weighted by molar-refractivity contribution is -0.136. The zero-order valence-corrected chi connectivity index (χ0v) is 13.5. The van der Waals surface area contributed by atoms with Crippen molar-refractivity contribution >= 4 is 17.3 Å². The summed E-state index contributed by atoms with van der Waals surface area (Å²) in [6, 6.07) is 7.46. The molecule has 0 unspecified atom stereocenters. The third-order valence-electron chi connectivity index (χ3n) is 3.11. The van der Waals surface area contributed by atoms with Crippen molar-refractivity contribution in [3.8, 4) is 11.5 Å². The van der Waals surface area contributed by atoms with Gasteiger partial charge in [-0.1, -0.05) is 0 Å². The molecule has 2 aromatic rings. The Bertz CT molecular complexity index is 622. The van der Waals surface area contributed by atoms with E-state index in [4.69, 9.17) is 14.6 Å². The number of nitrogens with zero attached hydrogens (tertiary/aromatic N) is 1. The third-order valence-corrected chi connectivity index (χ3v) is 4.33. The molecule has 0 saturated carbocycles. The molecule has 0 aliphatic heterocycles. The molecule has 1 heterocycles. The number of carboxylic acids is 1. The number of methoxy groups -OCH3 is 1. The summed E-state index contributed by atoms with van der Waals surface area (Å²) in [6.45, 7) is 2.45. The number of rotatable bonds is 8. The first-order valence-electron chi connectivity index (χ1n) is 7.02. The minimum absolute atomic E-state index is 0.0475. The first-order valence-corrected chi connectivity index (χ1v) is 7.84. The van der Waals surface area contributed by atoms with Gasteiger partial charge in [-0.05, 0) is 37.6 Å². The average Bonchev–Trinajstić information content (AvgIpc) is 2.84. The van der Waals surface area contributed by atoms with E-state index >= 15 is 0 Å². The Labute approximate surface area is 133 Å². The molecule has 0 fully saturated rings. The number of aromatic nitrogens is 1. The largest absolute Gasteiger partial charge is 0.497 e. The predicted octanol–water partition coefficient (Wildman–Crippen LogP) is 3.10. The van der Waals surface area contributed by atoms with Gasteiger partial charge in [-0.15, -0.1) is 11.3 Å². The SMILES string of the molecule is COc1ccc(OCCCc2nc(C)c(CC(=O)O)s2)cc1. The molecule has 0 saturated heterocycles. The van der Waals surface area contributed by atoms with E-state index in [2.05, 4.69) is 4.98 Å². The number of hydrogen-bond acceptors (Lipinski definition) is 5. The van der Waals surface area contributed by atoms with Gasteiger partial charge in [-0.3, -0.25) is 4.79 Å². The molecule has 2 rings (SSSR count). The molecular formula is C16H19NO4S. The van der Waals surface area contributed by atoms with Crippen LogP contribution in [-0.4, -0.2) is 29.8 Å². The zero-order chi connectivity index (χ0) is 15.9. The van der Waals surface area contributed by atoms with Crippen LogP contribution >= 0.6 is 11.3 Å². The van der Waals surface area contributed by atoms with Gasteiger partial charge in [0, 0.05) is 11.3 Å². The predicted molar refractivity (Wildman–Crippen MR) is 85.0 cm³/mol. The molecule has 0 aliphatic carbocycles. The van der Waals surface area contributed by atoms with Crippen LogP contribution < -0.4 is 9.47 Å². The van der Waals surface area contributed by atoms with Gasteiger partial charge in [-0.25, -0.2) is 4.98 Å². The van der Waals surface area contributed by atoms with Gasteiger partial charge in [0.2, 0.25) is 0 Å². The molecule has 6 heteroatoms. The topological polar surface area (TPSA) is 68.7 Å². The van der Waals surface area contributed by atoms with E-state index < -0.39 is 5.97 Å². The number of benzene rings is 1. The Kier molecular flexibility index (Phi) is 5.77. The fourth-order valence-corrected chi connectivity index (χ4v) is 3.08. The van der Waals surface area contributed by atoms with Gasteiger partial charge in [0.15, 0.2) is 0 Å². The molecule has 1 aromatic carbocycles. The molecular weight excluding hydrogens is 302 g/mol. The Morgan fingerprint density at radius 1 is 1.27 bits per heavy atom. The van der Waals surface area contributed by atoms with E-state index in [9.17, 15) is 4.79 Å². The van der Waals surface area contributed by atoms with Crippen LogP contribution in [0.25, 0.3) is 0 Å². The molecule has 22 heavy (non-hydrogen) atoms. The highest BCUT2D eigenvalue weighted by molar-refractivity contribution is 7.11. The minimum atomic E-state index is -0.818. The van der Waals surface area contributed by atoms with E-state index in [0.717, 1.165) is 39.9 Å². The van der Waals surface area contributed by atoms with Crippen molar-refractivity contribution in [3.05, 3.63) is 39.8 Å². The van der Waals surface area contributed by atoms with Gasteiger partial charge < -0.3 is 14.6 Å². The van der Waals surface area contributed by atoms with Crippen molar-refractivity contribution in [1.82, 2.24) is 4.98 Å². The van der Waals surface area contributed by atoms with Gasteiger partial charge in [-0.2, -0.15) is 0 Å². The summed E-state index contributed by atoms with van der Waals surface area (Å²) >= 11 is 1.47. The molecule has 0 amide bonds. The van der Waals surface area contributed by atoms with Gasteiger partial charge >= 0.3 is 5.97 Å². The summed E-state index contributed by atoms with van der Waals surface area (Å²) in [4.78, 5) is 16.0. The fourth-order valence-electron chi connectivity index (χ4n) is 1.98. The van der Waals surface area contributed by atoms with Crippen LogP contribution in [-0.2, 0) is 17.6 Å². The van der Waals surface area contributed by atoms with E-state index in [0.29, 0.717) is 6.61 Å². The molecule has 0 atom stereocenters. The number of carbonyl (C=O) groups is 1. The zero-order valence-electron chi connectivity index (χ0n) is 12.7. The number of carboxylic acid groups (broad SMARTS) is 1. The van der Waals surface area contributed by atoms with Crippen molar-refractivity contribution in [2.24, 2.45) is 0 Å². The maximum atomic E-state index is 10.7. The molecule has 1 aromatic heterocycles. The summed E-state index contributed by atoms with van der Waals surface area (Å²) < 4.78 is 10.7. The quantitative estimate of drug-likeness (QED) is 0.757. The molecule has 118 valence electrons. The van der Waals surface area contributed by atoms with Crippen LogP contribution in [0.4, 0.5) is 0 Å². The Morgan fingerprint density at radius 2 is 1.95 bits per heavy atom. The maximum absolute atomic E-state index is 10.7. The van der Waals surface area contributed by atoms with Crippen LogP contribution in [0.5, 0.6) is 11.5 Å².